The van der Waals surface area contributed by atoms with Crippen molar-refractivity contribution < 1.29 is 0 Å². The molecular formula is C21H20N6. The van der Waals surface area contributed by atoms with Crippen molar-refractivity contribution in [2.24, 2.45) is 4.99 Å². The molecule has 0 aliphatic rings. The summed E-state index contributed by atoms with van der Waals surface area (Å²) in [6, 6.07) is 11.4. The van der Waals surface area contributed by atoms with Crippen LogP contribution >= 0.6 is 0 Å². The third-order valence-electron chi connectivity index (χ3n) is 3.89. The van der Waals surface area contributed by atoms with Gasteiger partial charge in [-0.2, -0.15) is 0 Å². The summed E-state index contributed by atoms with van der Waals surface area (Å²) in [5.41, 5.74) is 10.1. The average Bonchev–Trinajstić information content (AvgIpc) is 2.69. The molecule has 0 amide bonds. The second kappa shape index (κ2) is 8.62. The van der Waals surface area contributed by atoms with Crippen molar-refractivity contribution in [1.29, 1.82) is 0 Å². The summed E-state index contributed by atoms with van der Waals surface area (Å²) in [6.07, 6.45) is 7.54. The number of hydrogen-bond acceptors (Lipinski definition) is 6. The van der Waals surface area contributed by atoms with Gasteiger partial charge in [0.25, 0.3) is 0 Å². The number of anilines is 1. The van der Waals surface area contributed by atoms with E-state index in [1.807, 2.05) is 36.4 Å². The Balaban J connectivity index is 2.08. The molecule has 6 heteroatoms. The highest BCUT2D eigenvalue weighted by Gasteiger charge is 2.17. The average molecular weight is 356 g/mol. The first kappa shape index (κ1) is 18.1. The van der Waals surface area contributed by atoms with E-state index < -0.39 is 0 Å². The van der Waals surface area contributed by atoms with Crippen LogP contribution in [0.5, 0.6) is 0 Å². The zero-order valence-corrected chi connectivity index (χ0v) is 14.9. The van der Waals surface area contributed by atoms with Gasteiger partial charge in [-0.3, -0.25) is 15.0 Å². The molecule has 134 valence electrons. The largest absolute Gasteiger partial charge is 0.383 e. The maximum Gasteiger partial charge on any atom is 0.137 e. The van der Waals surface area contributed by atoms with E-state index >= 15 is 0 Å². The third kappa shape index (κ3) is 4.49. The quantitative estimate of drug-likeness (QED) is 0.655. The Hall–Kier alpha value is -3.67. The van der Waals surface area contributed by atoms with E-state index in [0.717, 1.165) is 28.4 Å². The first-order valence-electron chi connectivity index (χ1n) is 8.48. The van der Waals surface area contributed by atoms with Crippen LogP contribution in [0.15, 0.2) is 79.2 Å². The number of nitrogens with two attached hydrogens (primary N) is 1. The molecule has 0 aliphatic carbocycles. The molecule has 2 N–H and O–H groups in total. The maximum atomic E-state index is 6.30. The van der Waals surface area contributed by atoms with Crippen LogP contribution in [0, 0.1) is 0 Å². The van der Waals surface area contributed by atoms with Crippen molar-refractivity contribution in [3.8, 4) is 11.3 Å². The first-order chi connectivity index (χ1) is 13.2. The molecule has 3 rings (SSSR count). The molecule has 0 radical (unpaired) electrons. The Morgan fingerprint density at radius 3 is 2.44 bits per heavy atom. The number of pyridine rings is 2. The lowest BCUT2D eigenvalue weighted by molar-refractivity contribution is 0.933. The Kier molecular flexibility index (Phi) is 5.79. The first-order valence-corrected chi connectivity index (χ1v) is 8.48. The van der Waals surface area contributed by atoms with Gasteiger partial charge in [0.05, 0.1) is 23.4 Å². The van der Waals surface area contributed by atoms with E-state index in [9.17, 15) is 0 Å². The molecule has 3 aromatic heterocycles. The molecule has 27 heavy (non-hydrogen) atoms. The van der Waals surface area contributed by atoms with Gasteiger partial charge in [-0.15, -0.1) is 0 Å². The number of aromatic nitrogens is 4. The summed E-state index contributed by atoms with van der Waals surface area (Å²) in [6.45, 7) is 7.39. The third-order valence-corrected chi connectivity index (χ3v) is 3.89. The molecule has 0 atom stereocenters. The molecule has 0 bridgehead atoms. The van der Waals surface area contributed by atoms with Crippen LogP contribution in [0.25, 0.3) is 11.3 Å². The number of rotatable bonds is 7. The number of hydrogen-bond donors (Lipinski definition) is 1. The number of aliphatic imine (C=N–C) groups is 1. The highest BCUT2D eigenvalue weighted by atomic mass is 15.0. The van der Waals surface area contributed by atoms with Crippen LogP contribution in [0.4, 0.5) is 5.82 Å². The van der Waals surface area contributed by atoms with Gasteiger partial charge >= 0.3 is 0 Å². The van der Waals surface area contributed by atoms with Gasteiger partial charge in [0.15, 0.2) is 0 Å². The molecule has 3 heterocycles. The lowest BCUT2D eigenvalue weighted by atomic mass is 10.1. The zero-order valence-electron chi connectivity index (χ0n) is 14.9. The maximum absolute atomic E-state index is 6.30. The zero-order chi connectivity index (χ0) is 19.1. The van der Waals surface area contributed by atoms with Crippen LogP contribution in [0.2, 0.25) is 0 Å². The standard InChI is InChI=1S/C21H20N6/c1-3-15(23-4-2)14-19-26-18(13-16-9-5-7-11-24-16)20(21(22)27-19)17-10-6-8-12-25-17/h3-12H,1-2,13-14H2,(H2,22,26,27). The van der Waals surface area contributed by atoms with Crippen LogP contribution in [-0.4, -0.2) is 25.6 Å². The molecule has 0 saturated heterocycles. The van der Waals surface area contributed by atoms with Crippen LogP contribution in [-0.2, 0) is 12.8 Å². The Morgan fingerprint density at radius 2 is 1.81 bits per heavy atom. The van der Waals surface area contributed by atoms with Gasteiger partial charge in [0, 0.05) is 36.4 Å². The van der Waals surface area contributed by atoms with E-state index in [1.54, 1.807) is 18.5 Å². The van der Waals surface area contributed by atoms with Crippen molar-refractivity contribution in [1.82, 2.24) is 19.9 Å². The molecule has 0 aromatic carbocycles. The highest BCUT2D eigenvalue weighted by molar-refractivity contribution is 5.96. The van der Waals surface area contributed by atoms with Crippen molar-refractivity contribution in [2.45, 2.75) is 12.8 Å². The predicted octanol–water partition coefficient (Wildman–Crippen LogP) is 3.42. The number of nitrogens with zero attached hydrogens (tertiary/aromatic N) is 5. The minimum atomic E-state index is 0.381. The van der Waals surface area contributed by atoms with Crippen LogP contribution in [0.3, 0.4) is 0 Å². The van der Waals surface area contributed by atoms with Crippen molar-refractivity contribution in [2.75, 3.05) is 5.73 Å². The summed E-state index contributed by atoms with van der Waals surface area (Å²) in [5.74, 6) is 0.949. The second-order valence-corrected chi connectivity index (χ2v) is 5.74. The van der Waals surface area contributed by atoms with Crippen molar-refractivity contribution in [3.63, 3.8) is 0 Å². The molecule has 0 aliphatic heterocycles. The van der Waals surface area contributed by atoms with Gasteiger partial charge in [-0.05, 0) is 30.3 Å². The summed E-state index contributed by atoms with van der Waals surface area (Å²) < 4.78 is 0. The number of allylic oxidation sites excluding steroid dienone is 1. The molecule has 0 spiro atoms. The Bertz CT molecular complexity index is 965. The molecule has 6 nitrogen and oxygen atoms in total. The fraction of sp³-hybridized carbons (Fsp3) is 0.0952. The molecule has 0 unspecified atom stereocenters. The summed E-state index contributed by atoms with van der Waals surface area (Å²) >= 11 is 0. The van der Waals surface area contributed by atoms with Crippen LogP contribution in [0.1, 0.15) is 17.2 Å². The predicted molar refractivity (Wildman–Crippen MR) is 108 cm³/mol. The van der Waals surface area contributed by atoms with Gasteiger partial charge < -0.3 is 5.73 Å². The highest BCUT2D eigenvalue weighted by Crippen LogP contribution is 2.27. The van der Waals surface area contributed by atoms with Crippen LogP contribution < -0.4 is 5.73 Å². The van der Waals surface area contributed by atoms with E-state index in [1.165, 1.54) is 6.20 Å². The smallest absolute Gasteiger partial charge is 0.137 e. The van der Waals surface area contributed by atoms with Crippen molar-refractivity contribution in [3.05, 3.63) is 91.4 Å². The topological polar surface area (TPSA) is 89.9 Å². The SMILES string of the molecule is C=CN=C(C=C)Cc1nc(N)c(-c2ccccn2)c(Cc2ccccn2)n1. The minimum Gasteiger partial charge on any atom is -0.383 e. The monoisotopic (exact) mass is 356 g/mol. The fourth-order valence-corrected chi connectivity index (χ4v) is 2.70. The van der Waals surface area contributed by atoms with E-state index in [0.29, 0.717) is 24.5 Å². The van der Waals surface area contributed by atoms with Gasteiger partial charge in [-0.25, -0.2) is 9.97 Å². The summed E-state index contributed by atoms with van der Waals surface area (Å²) in [5, 5.41) is 0. The van der Waals surface area contributed by atoms with Gasteiger partial charge in [0.1, 0.15) is 11.6 Å². The second-order valence-electron chi connectivity index (χ2n) is 5.74. The van der Waals surface area contributed by atoms with E-state index in [2.05, 4.69) is 33.1 Å². The Labute approximate surface area is 158 Å². The molecular weight excluding hydrogens is 336 g/mol. The minimum absolute atomic E-state index is 0.381. The van der Waals surface area contributed by atoms with Gasteiger partial charge in [-0.1, -0.05) is 25.3 Å². The Morgan fingerprint density at radius 1 is 1.04 bits per heavy atom. The fourth-order valence-electron chi connectivity index (χ4n) is 2.70. The number of nitrogen functional groups attached to an aromatic ring is 1. The normalized spacial score (nSPS) is 11.2. The molecule has 0 fully saturated rings. The summed E-state index contributed by atoms with van der Waals surface area (Å²) in [7, 11) is 0. The molecule has 0 saturated carbocycles. The molecule has 3 aromatic rings. The lowest BCUT2D eigenvalue weighted by Crippen LogP contribution is -2.11. The lowest BCUT2D eigenvalue weighted by Gasteiger charge is -2.13. The van der Waals surface area contributed by atoms with Crippen molar-refractivity contribution >= 4 is 11.5 Å². The summed E-state index contributed by atoms with van der Waals surface area (Å²) in [4.78, 5) is 22.2. The van der Waals surface area contributed by atoms with E-state index in [4.69, 9.17) is 10.7 Å². The van der Waals surface area contributed by atoms with E-state index in [-0.39, 0.29) is 0 Å². The van der Waals surface area contributed by atoms with Gasteiger partial charge in [0.2, 0.25) is 0 Å².